The van der Waals surface area contributed by atoms with Gasteiger partial charge in [0, 0.05) is 68.4 Å². The molecule has 7 atom stereocenters. The first-order chi connectivity index (χ1) is 26.0. The van der Waals surface area contributed by atoms with Gasteiger partial charge < -0.3 is 19.3 Å². The van der Waals surface area contributed by atoms with Crippen molar-refractivity contribution in [1.82, 2.24) is 14.5 Å². The molecule has 2 aromatic carbocycles. The Labute approximate surface area is 327 Å². The number of ether oxygens (including phenoxy) is 2. The van der Waals surface area contributed by atoms with E-state index in [1.807, 2.05) is 32.2 Å². The maximum absolute atomic E-state index is 13.7. The van der Waals surface area contributed by atoms with Gasteiger partial charge in [-0.15, -0.1) is 0 Å². The van der Waals surface area contributed by atoms with Gasteiger partial charge in [0.25, 0.3) is 5.91 Å². The van der Waals surface area contributed by atoms with Crippen molar-refractivity contribution in [2.24, 2.45) is 17.8 Å². The van der Waals surface area contributed by atoms with Crippen LogP contribution in [0, 0.1) is 17.8 Å². The van der Waals surface area contributed by atoms with Gasteiger partial charge in [0.05, 0.1) is 23.1 Å². The summed E-state index contributed by atoms with van der Waals surface area (Å²) in [6, 6.07) is 12.4. The maximum atomic E-state index is 13.7. The second kappa shape index (κ2) is 15.4. The van der Waals surface area contributed by atoms with Gasteiger partial charge in [0.15, 0.2) is 0 Å². The molecule has 2 saturated heterocycles. The van der Waals surface area contributed by atoms with Gasteiger partial charge in [0.2, 0.25) is 10.0 Å². The number of fused-ring (bicyclic) bond motifs is 5. The molecule has 1 amide bonds. The number of piperidine rings is 1. The molecule has 3 fully saturated rings. The number of sulfonamides is 1. The van der Waals surface area contributed by atoms with Gasteiger partial charge in [-0.2, -0.15) is 0 Å². The molecule has 1 N–H and O–H groups in total. The quantitative estimate of drug-likeness (QED) is 0.338. The maximum Gasteiger partial charge on any atom is 0.264 e. The number of anilines is 1. The summed E-state index contributed by atoms with van der Waals surface area (Å²) < 4.78 is 43.1. The van der Waals surface area contributed by atoms with Crippen molar-refractivity contribution in [3.63, 3.8) is 0 Å². The summed E-state index contributed by atoms with van der Waals surface area (Å²) in [5, 5.41) is -0.00979. The van der Waals surface area contributed by atoms with E-state index in [0.717, 1.165) is 94.3 Å². The molecule has 0 unspecified atom stereocenters. The highest BCUT2D eigenvalue weighted by molar-refractivity contribution is 7.90. The van der Waals surface area contributed by atoms with E-state index in [-0.39, 0.29) is 11.3 Å². The predicted molar refractivity (Wildman–Crippen MR) is 215 cm³/mol. The molecule has 1 saturated carbocycles. The van der Waals surface area contributed by atoms with Crippen LogP contribution in [0.25, 0.3) is 0 Å². The van der Waals surface area contributed by atoms with Crippen molar-refractivity contribution < 1.29 is 22.7 Å². The fourth-order valence-electron chi connectivity index (χ4n) is 10.7. The third-order valence-corrected chi connectivity index (χ3v) is 16.5. The number of nitrogens with one attached hydrogen (secondary N) is 1. The van der Waals surface area contributed by atoms with Crippen LogP contribution in [0.4, 0.5) is 5.69 Å². The Morgan fingerprint density at radius 2 is 1.89 bits per heavy atom. The first kappa shape index (κ1) is 38.3. The summed E-state index contributed by atoms with van der Waals surface area (Å²) in [4.78, 5) is 21.5. The number of piperazine rings is 1. The number of aryl methyl sites for hydroxylation is 1. The number of hydrogen-bond donors (Lipinski definition) is 1. The molecule has 294 valence electrons. The normalized spacial score (nSPS) is 35.0. The lowest BCUT2D eigenvalue weighted by Gasteiger charge is -2.51. The van der Waals surface area contributed by atoms with Crippen LogP contribution in [0.2, 0.25) is 5.02 Å². The number of nitrogens with zero attached hydrogens (tertiary/aromatic N) is 3. The zero-order valence-corrected chi connectivity index (χ0v) is 34.0. The second-order valence-corrected chi connectivity index (χ2v) is 19.9. The number of carbonyl (C=O) groups is 1. The molecule has 11 heteroatoms. The van der Waals surface area contributed by atoms with Crippen LogP contribution in [0.1, 0.15) is 93.1 Å². The number of carbonyl (C=O) groups excluding carboxylic acids is 1. The van der Waals surface area contributed by atoms with Crippen LogP contribution >= 0.6 is 11.6 Å². The van der Waals surface area contributed by atoms with E-state index in [2.05, 4.69) is 43.7 Å². The van der Waals surface area contributed by atoms with Gasteiger partial charge in [-0.3, -0.25) is 9.69 Å². The highest BCUT2D eigenvalue weighted by atomic mass is 35.5. The molecule has 4 aliphatic heterocycles. The zero-order chi connectivity index (χ0) is 37.7. The van der Waals surface area contributed by atoms with Crippen LogP contribution in [-0.4, -0.2) is 101 Å². The monoisotopic (exact) mass is 778 g/mol. The molecule has 2 aromatic rings. The Bertz CT molecular complexity index is 1860. The van der Waals surface area contributed by atoms with Gasteiger partial charge >= 0.3 is 0 Å². The Balaban J connectivity index is 1.16. The van der Waals surface area contributed by atoms with E-state index in [4.69, 9.17) is 21.1 Å². The molecular formula is C43H59ClN4O5S. The SMILES string of the molecule is CO[C@]1(CCN2CCN3CCCC[C@@H]3C2)/C=C\C[C@H](C)[C@@H](C)S(=O)(=O)NC(=O)c2ccc3c(c2)N(C[C@@H]2CC[C@H]21)C[C@@]1(CCCc2cc(Cl)ccc21)CO3. The molecular weight excluding hydrogens is 720 g/mol. The minimum absolute atomic E-state index is 0.203. The number of benzene rings is 2. The number of rotatable bonds is 4. The van der Waals surface area contributed by atoms with Crippen LogP contribution in [0.3, 0.4) is 0 Å². The minimum Gasteiger partial charge on any atom is -0.490 e. The molecule has 8 rings (SSSR count). The molecule has 9 nitrogen and oxygen atoms in total. The van der Waals surface area contributed by atoms with E-state index in [9.17, 15) is 13.2 Å². The van der Waals surface area contributed by atoms with Crippen molar-refractivity contribution in [2.75, 3.05) is 64.4 Å². The summed E-state index contributed by atoms with van der Waals surface area (Å²) in [5.74, 6) is 0.580. The van der Waals surface area contributed by atoms with Crippen molar-refractivity contribution >= 4 is 33.2 Å². The average Bonchev–Trinajstić information content (AvgIpc) is 3.30. The molecule has 0 radical (unpaired) electrons. The highest BCUT2D eigenvalue weighted by Gasteiger charge is 2.49. The van der Waals surface area contributed by atoms with Gasteiger partial charge in [-0.25, -0.2) is 13.1 Å². The Hall–Kier alpha value is -2.63. The van der Waals surface area contributed by atoms with Crippen LogP contribution < -0.4 is 14.4 Å². The molecule has 0 aromatic heterocycles. The van der Waals surface area contributed by atoms with E-state index in [1.165, 1.54) is 36.9 Å². The lowest BCUT2D eigenvalue weighted by atomic mass is 9.62. The Morgan fingerprint density at radius 3 is 2.70 bits per heavy atom. The van der Waals surface area contributed by atoms with Crippen molar-refractivity contribution in [3.05, 3.63) is 70.3 Å². The highest BCUT2D eigenvalue weighted by Crippen LogP contribution is 2.50. The molecule has 6 aliphatic rings. The summed E-state index contributed by atoms with van der Waals surface area (Å²) in [5.41, 5.74) is 3.01. The van der Waals surface area contributed by atoms with Crippen molar-refractivity contribution in [2.45, 2.75) is 100 Å². The van der Waals surface area contributed by atoms with E-state index in [1.54, 1.807) is 13.0 Å². The van der Waals surface area contributed by atoms with Crippen LogP contribution in [-0.2, 0) is 26.6 Å². The van der Waals surface area contributed by atoms with E-state index in [0.29, 0.717) is 36.5 Å². The molecule has 4 heterocycles. The predicted octanol–water partition coefficient (Wildman–Crippen LogP) is 6.83. The number of methoxy groups -OCH3 is 1. The standard InChI is InChI=1S/C43H59ClN4O5S/c1-30-8-6-18-43(52-3,19-21-46-22-23-47-20-5-4-10-36(47)27-46)38-14-11-34(38)26-48-28-42(17-7-9-32-24-35(44)13-15-37(32)42)29-53-40-16-12-33(25-39(40)48)41(49)45-54(50,51)31(30)2/h6,12-13,15-16,18,24-25,30-31,34,36,38H,4-5,7-11,14,17,19-23,26-29H2,1-3H3,(H,45,49)/b18-6-/t30-,31+,34-,36+,38+,42-,43-/m0/s1. The lowest BCUT2D eigenvalue weighted by Crippen LogP contribution is -2.57. The van der Waals surface area contributed by atoms with E-state index >= 15 is 0 Å². The molecule has 2 aliphatic carbocycles. The Morgan fingerprint density at radius 1 is 1.02 bits per heavy atom. The third kappa shape index (κ3) is 7.35. The number of halogens is 1. The topological polar surface area (TPSA) is 91.4 Å². The fraction of sp³-hybridized carbons (Fsp3) is 0.651. The van der Waals surface area contributed by atoms with Gasteiger partial charge in [0.1, 0.15) is 5.75 Å². The Kier molecular flexibility index (Phi) is 10.9. The summed E-state index contributed by atoms with van der Waals surface area (Å²) in [7, 11) is -2.07. The molecule has 1 spiro atoms. The van der Waals surface area contributed by atoms with Crippen LogP contribution in [0.15, 0.2) is 48.6 Å². The number of amides is 1. The minimum atomic E-state index is -3.95. The summed E-state index contributed by atoms with van der Waals surface area (Å²) >= 11 is 6.52. The van der Waals surface area contributed by atoms with Crippen molar-refractivity contribution in [1.29, 1.82) is 0 Å². The van der Waals surface area contributed by atoms with Gasteiger partial charge in [-0.05, 0) is 130 Å². The zero-order valence-electron chi connectivity index (χ0n) is 32.4. The summed E-state index contributed by atoms with van der Waals surface area (Å²) in [6.07, 6.45) is 15.1. The first-order valence-electron chi connectivity index (χ1n) is 20.6. The fourth-order valence-corrected chi connectivity index (χ4v) is 12.2. The first-order valence-corrected chi connectivity index (χ1v) is 22.5. The second-order valence-electron chi connectivity index (χ2n) is 17.4. The number of hydrogen-bond acceptors (Lipinski definition) is 8. The largest absolute Gasteiger partial charge is 0.490 e. The van der Waals surface area contributed by atoms with E-state index < -0.39 is 26.8 Å². The smallest absolute Gasteiger partial charge is 0.264 e. The number of allylic oxidation sites excluding steroid dienone is 1. The third-order valence-electron chi connectivity index (χ3n) is 14.4. The molecule has 2 bridgehead atoms. The van der Waals surface area contributed by atoms with Crippen molar-refractivity contribution in [3.8, 4) is 5.75 Å². The lowest BCUT2D eigenvalue weighted by molar-refractivity contribution is -0.0861. The summed E-state index contributed by atoms with van der Waals surface area (Å²) in [6.45, 7) is 11.3. The average molecular weight is 779 g/mol. The molecule has 54 heavy (non-hydrogen) atoms. The van der Waals surface area contributed by atoms with Crippen LogP contribution in [0.5, 0.6) is 5.75 Å². The van der Waals surface area contributed by atoms with Gasteiger partial charge in [-0.1, -0.05) is 43.2 Å².